The molecule has 0 saturated carbocycles. The van der Waals surface area contributed by atoms with E-state index < -0.39 is 0 Å². The lowest BCUT2D eigenvalue weighted by Crippen LogP contribution is -2.05. The van der Waals surface area contributed by atoms with Gasteiger partial charge in [0.15, 0.2) is 0 Å². The minimum absolute atomic E-state index is 0.679. The molecule has 4 rings (SSSR count). The SMILES string of the molecule is IC1=Cc2cccc3c2C(C1)C1=C3C=CCC1. The number of allylic oxidation sites excluding steroid dienone is 5. The zero-order valence-corrected chi connectivity index (χ0v) is 11.7. The summed E-state index contributed by atoms with van der Waals surface area (Å²) in [5.41, 5.74) is 7.77. The lowest BCUT2D eigenvalue weighted by molar-refractivity contribution is 0.758. The van der Waals surface area contributed by atoms with Crippen molar-refractivity contribution in [3.05, 3.63) is 56.2 Å². The van der Waals surface area contributed by atoms with Crippen molar-refractivity contribution in [3.8, 4) is 0 Å². The van der Waals surface area contributed by atoms with Crippen LogP contribution < -0.4 is 0 Å². The number of halogens is 1. The standard InChI is InChI=1S/C16H13I/c17-11-8-10-4-3-7-14-12-5-1-2-6-13(12)15(9-11)16(10)14/h1,3-5,7-8,15H,2,6,9H2. The Morgan fingerprint density at radius 1 is 1.24 bits per heavy atom. The summed E-state index contributed by atoms with van der Waals surface area (Å²) in [5.74, 6) is 0.679. The molecule has 0 aromatic heterocycles. The van der Waals surface area contributed by atoms with Crippen LogP contribution in [0.1, 0.15) is 41.9 Å². The molecule has 0 fully saturated rings. The minimum atomic E-state index is 0.679. The zero-order chi connectivity index (χ0) is 11.4. The maximum Gasteiger partial charge on any atom is 0.0114 e. The Labute approximate surface area is 115 Å². The van der Waals surface area contributed by atoms with E-state index in [9.17, 15) is 0 Å². The summed E-state index contributed by atoms with van der Waals surface area (Å²) in [6.45, 7) is 0. The van der Waals surface area contributed by atoms with E-state index in [4.69, 9.17) is 0 Å². The topological polar surface area (TPSA) is 0 Å². The van der Waals surface area contributed by atoms with E-state index in [2.05, 4.69) is 59.0 Å². The van der Waals surface area contributed by atoms with Crippen LogP contribution in [0, 0.1) is 0 Å². The third-order valence-corrected chi connectivity index (χ3v) is 4.87. The van der Waals surface area contributed by atoms with E-state index in [1.54, 1.807) is 11.1 Å². The number of benzene rings is 1. The summed E-state index contributed by atoms with van der Waals surface area (Å²) in [4.78, 5) is 0. The molecular formula is C16H13I. The predicted molar refractivity (Wildman–Crippen MR) is 81.1 cm³/mol. The average molecular weight is 332 g/mol. The summed E-state index contributed by atoms with van der Waals surface area (Å²) in [6.07, 6.45) is 10.7. The molecule has 17 heavy (non-hydrogen) atoms. The highest BCUT2D eigenvalue weighted by Crippen LogP contribution is 2.53. The Balaban J connectivity index is 2.02. The smallest absolute Gasteiger partial charge is 0.0114 e. The number of rotatable bonds is 0. The summed E-state index contributed by atoms with van der Waals surface area (Å²) < 4.78 is 1.50. The van der Waals surface area contributed by atoms with E-state index in [0.29, 0.717) is 5.92 Å². The lowest BCUT2D eigenvalue weighted by Gasteiger charge is -2.23. The van der Waals surface area contributed by atoms with Gasteiger partial charge in [-0.05, 0) is 73.8 Å². The summed E-state index contributed by atoms with van der Waals surface area (Å²) >= 11 is 2.50. The number of fused-ring (bicyclic) bond motifs is 2. The third kappa shape index (κ3) is 1.35. The van der Waals surface area contributed by atoms with Gasteiger partial charge >= 0.3 is 0 Å². The first-order valence-electron chi connectivity index (χ1n) is 6.23. The number of hydrogen-bond donors (Lipinski definition) is 0. The van der Waals surface area contributed by atoms with Crippen LogP contribution in [-0.2, 0) is 0 Å². The van der Waals surface area contributed by atoms with Gasteiger partial charge in [-0.3, -0.25) is 0 Å². The molecule has 1 heteroatoms. The van der Waals surface area contributed by atoms with Crippen LogP contribution in [-0.4, -0.2) is 0 Å². The summed E-state index contributed by atoms with van der Waals surface area (Å²) in [7, 11) is 0. The first-order chi connectivity index (χ1) is 8.34. The second-order valence-corrected chi connectivity index (χ2v) is 6.42. The maximum atomic E-state index is 2.50. The van der Waals surface area contributed by atoms with Crippen molar-refractivity contribution in [2.24, 2.45) is 0 Å². The second-order valence-electron chi connectivity index (χ2n) is 5.04. The van der Waals surface area contributed by atoms with Gasteiger partial charge < -0.3 is 0 Å². The molecule has 1 aromatic carbocycles. The van der Waals surface area contributed by atoms with Crippen molar-refractivity contribution in [1.29, 1.82) is 0 Å². The Bertz CT molecular complexity index is 602. The van der Waals surface area contributed by atoms with Crippen LogP contribution in [0.15, 0.2) is 39.5 Å². The summed E-state index contributed by atoms with van der Waals surface area (Å²) in [6, 6.07) is 6.77. The molecular weight excluding hydrogens is 319 g/mol. The van der Waals surface area contributed by atoms with Gasteiger partial charge in [0.1, 0.15) is 0 Å². The molecule has 0 nitrogen and oxygen atoms in total. The molecule has 0 saturated heterocycles. The van der Waals surface area contributed by atoms with Crippen molar-refractivity contribution in [2.75, 3.05) is 0 Å². The fraction of sp³-hybridized carbons (Fsp3) is 0.250. The van der Waals surface area contributed by atoms with Crippen LogP contribution in [0.3, 0.4) is 0 Å². The molecule has 3 aliphatic rings. The second kappa shape index (κ2) is 3.58. The molecule has 1 atom stereocenters. The molecule has 84 valence electrons. The van der Waals surface area contributed by atoms with Crippen LogP contribution in [0.5, 0.6) is 0 Å². The van der Waals surface area contributed by atoms with Crippen molar-refractivity contribution in [2.45, 2.75) is 25.2 Å². The first-order valence-corrected chi connectivity index (χ1v) is 7.31. The van der Waals surface area contributed by atoms with Gasteiger partial charge in [0.05, 0.1) is 0 Å². The monoisotopic (exact) mass is 332 g/mol. The molecule has 0 spiro atoms. The number of hydrogen-bond acceptors (Lipinski definition) is 0. The minimum Gasteiger partial charge on any atom is -0.0836 e. The molecule has 1 aromatic rings. The van der Waals surface area contributed by atoms with Crippen molar-refractivity contribution < 1.29 is 0 Å². The third-order valence-electron chi connectivity index (χ3n) is 4.12. The average Bonchev–Trinajstić information content (AvgIpc) is 2.67. The van der Waals surface area contributed by atoms with Crippen LogP contribution in [0.4, 0.5) is 0 Å². The Kier molecular flexibility index (Phi) is 2.13. The fourth-order valence-corrected chi connectivity index (χ4v) is 4.24. The van der Waals surface area contributed by atoms with Crippen LogP contribution in [0.25, 0.3) is 11.6 Å². The molecule has 1 unspecified atom stereocenters. The molecule has 3 aliphatic carbocycles. The molecule has 0 amide bonds. The zero-order valence-electron chi connectivity index (χ0n) is 9.54. The van der Waals surface area contributed by atoms with E-state index in [1.165, 1.54) is 39.5 Å². The van der Waals surface area contributed by atoms with Crippen molar-refractivity contribution in [3.63, 3.8) is 0 Å². The van der Waals surface area contributed by atoms with Gasteiger partial charge in [-0.25, -0.2) is 0 Å². The Morgan fingerprint density at radius 2 is 2.18 bits per heavy atom. The largest absolute Gasteiger partial charge is 0.0836 e. The highest BCUT2D eigenvalue weighted by atomic mass is 127. The Morgan fingerprint density at radius 3 is 3.12 bits per heavy atom. The van der Waals surface area contributed by atoms with Gasteiger partial charge in [0.2, 0.25) is 0 Å². The molecule has 0 radical (unpaired) electrons. The molecule has 0 heterocycles. The van der Waals surface area contributed by atoms with Gasteiger partial charge in [-0.1, -0.05) is 35.9 Å². The van der Waals surface area contributed by atoms with Crippen molar-refractivity contribution >= 4 is 34.2 Å². The first kappa shape index (κ1) is 10.1. The lowest BCUT2D eigenvalue weighted by atomic mass is 9.83. The molecule has 0 N–H and O–H groups in total. The van der Waals surface area contributed by atoms with Crippen molar-refractivity contribution in [1.82, 2.24) is 0 Å². The normalized spacial score (nSPS) is 24.5. The summed E-state index contributed by atoms with van der Waals surface area (Å²) in [5, 5.41) is 0. The Hall–Kier alpha value is -0.830. The van der Waals surface area contributed by atoms with Crippen LogP contribution in [0.2, 0.25) is 0 Å². The van der Waals surface area contributed by atoms with E-state index in [0.717, 1.165) is 0 Å². The fourth-order valence-electron chi connectivity index (χ4n) is 3.46. The quantitative estimate of drug-likeness (QED) is 0.582. The van der Waals surface area contributed by atoms with Gasteiger partial charge in [0, 0.05) is 5.92 Å². The van der Waals surface area contributed by atoms with Gasteiger partial charge in [-0.2, -0.15) is 0 Å². The molecule has 0 aliphatic heterocycles. The predicted octanol–water partition coefficient (Wildman–Crippen LogP) is 5.07. The van der Waals surface area contributed by atoms with E-state index >= 15 is 0 Å². The van der Waals surface area contributed by atoms with Crippen LogP contribution >= 0.6 is 22.6 Å². The highest BCUT2D eigenvalue weighted by Gasteiger charge is 2.34. The molecule has 0 bridgehead atoms. The highest BCUT2D eigenvalue weighted by molar-refractivity contribution is 14.1. The maximum absolute atomic E-state index is 2.50. The van der Waals surface area contributed by atoms with Gasteiger partial charge in [-0.15, -0.1) is 0 Å². The van der Waals surface area contributed by atoms with E-state index in [-0.39, 0.29) is 0 Å². The van der Waals surface area contributed by atoms with E-state index in [1.807, 2.05) is 0 Å². The van der Waals surface area contributed by atoms with Gasteiger partial charge in [0.25, 0.3) is 0 Å².